The maximum absolute atomic E-state index is 5.80. The molecular weight excluding hydrogens is 244 g/mol. The van der Waals surface area contributed by atoms with E-state index in [1.807, 2.05) is 30.5 Å². The Bertz CT molecular complexity index is 623. The van der Waals surface area contributed by atoms with Gasteiger partial charge >= 0.3 is 0 Å². The summed E-state index contributed by atoms with van der Waals surface area (Å²) in [7, 11) is 0. The lowest BCUT2D eigenvalue weighted by atomic mass is 10.2. The predicted molar refractivity (Wildman–Crippen MR) is 74.7 cm³/mol. The van der Waals surface area contributed by atoms with E-state index in [2.05, 4.69) is 23.3 Å². The molecule has 0 atom stereocenters. The van der Waals surface area contributed by atoms with Gasteiger partial charge in [0.15, 0.2) is 10.8 Å². The Morgan fingerprint density at radius 2 is 2.22 bits per heavy atom. The van der Waals surface area contributed by atoms with Crippen molar-refractivity contribution in [1.82, 2.24) is 10.3 Å². The van der Waals surface area contributed by atoms with Gasteiger partial charge in [0, 0.05) is 23.0 Å². The van der Waals surface area contributed by atoms with Crippen LogP contribution in [0.15, 0.2) is 40.9 Å². The highest BCUT2D eigenvalue weighted by molar-refractivity contribution is 7.14. The second-order valence-electron chi connectivity index (χ2n) is 4.06. The third-order valence-corrected chi connectivity index (χ3v) is 3.75. The van der Waals surface area contributed by atoms with Gasteiger partial charge in [-0.15, -0.1) is 11.3 Å². The van der Waals surface area contributed by atoms with E-state index in [1.165, 1.54) is 4.88 Å². The van der Waals surface area contributed by atoms with Crippen molar-refractivity contribution in [2.75, 3.05) is 6.54 Å². The molecule has 1 N–H and O–H groups in total. The molecule has 18 heavy (non-hydrogen) atoms. The molecule has 3 aromatic rings. The lowest BCUT2D eigenvalue weighted by Crippen LogP contribution is -2.10. The molecule has 2 aromatic heterocycles. The predicted octanol–water partition coefficient (Wildman–Crippen LogP) is 3.67. The van der Waals surface area contributed by atoms with Crippen LogP contribution < -0.4 is 5.32 Å². The molecule has 0 saturated carbocycles. The number of furan rings is 1. The van der Waals surface area contributed by atoms with E-state index < -0.39 is 0 Å². The van der Waals surface area contributed by atoms with E-state index in [1.54, 1.807) is 11.3 Å². The van der Waals surface area contributed by atoms with Gasteiger partial charge in [-0.1, -0.05) is 25.1 Å². The van der Waals surface area contributed by atoms with Gasteiger partial charge in [0.2, 0.25) is 0 Å². The third kappa shape index (κ3) is 2.17. The summed E-state index contributed by atoms with van der Waals surface area (Å²) in [6.45, 7) is 3.94. The smallest absolute Gasteiger partial charge is 0.164 e. The van der Waals surface area contributed by atoms with Crippen LogP contribution in [-0.4, -0.2) is 11.5 Å². The number of aromatic nitrogens is 1. The molecule has 0 saturated heterocycles. The number of para-hydroxylation sites is 1. The molecule has 0 unspecified atom stereocenters. The second-order valence-corrected chi connectivity index (χ2v) is 5.18. The van der Waals surface area contributed by atoms with Gasteiger partial charge in [0.25, 0.3) is 0 Å². The molecule has 0 spiro atoms. The van der Waals surface area contributed by atoms with Crippen LogP contribution in [-0.2, 0) is 6.54 Å². The van der Waals surface area contributed by atoms with Gasteiger partial charge < -0.3 is 9.73 Å². The highest BCUT2D eigenvalue weighted by Gasteiger charge is 2.09. The number of nitrogens with zero attached hydrogens (tertiary/aromatic N) is 1. The number of rotatable bonds is 4. The highest BCUT2D eigenvalue weighted by atomic mass is 32.1. The van der Waals surface area contributed by atoms with Gasteiger partial charge in [-0.05, 0) is 18.7 Å². The third-order valence-electron chi connectivity index (χ3n) is 2.74. The molecule has 92 valence electrons. The van der Waals surface area contributed by atoms with E-state index in [-0.39, 0.29) is 0 Å². The van der Waals surface area contributed by atoms with Gasteiger partial charge in [-0.2, -0.15) is 0 Å². The first-order valence-corrected chi connectivity index (χ1v) is 6.83. The summed E-state index contributed by atoms with van der Waals surface area (Å²) in [6, 6.07) is 10.1. The Labute approximate surface area is 109 Å². The quantitative estimate of drug-likeness (QED) is 0.776. The first-order chi connectivity index (χ1) is 8.86. The molecule has 1 aromatic carbocycles. The van der Waals surface area contributed by atoms with Crippen molar-refractivity contribution in [1.29, 1.82) is 0 Å². The van der Waals surface area contributed by atoms with Crippen LogP contribution in [0.5, 0.6) is 0 Å². The SMILES string of the molecule is CCNCc1cnc(-c2cc3ccccc3o2)s1. The lowest BCUT2D eigenvalue weighted by molar-refractivity contribution is 0.631. The fraction of sp³-hybridized carbons (Fsp3) is 0.214. The summed E-state index contributed by atoms with van der Waals surface area (Å²) in [4.78, 5) is 5.65. The summed E-state index contributed by atoms with van der Waals surface area (Å²) >= 11 is 1.67. The van der Waals surface area contributed by atoms with E-state index in [4.69, 9.17) is 4.42 Å². The Kier molecular flexibility index (Phi) is 3.13. The van der Waals surface area contributed by atoms with Crippen molar-refractivity contribution >= 4 is 22.3 Å². The molecule has 0 bridgehead atoms. The highest BCUT2D eigenvalue weighted by Crippen LogP contribution is 2.30. The number of hydrogen-bond acceptors (Lipinski definition) is 4. The van der Waals surface area contributed by atoms with Crippen LogP contribution >= 0.6 is 11.3 Å². The van der Waals surface area contributed by atoms with Crippen LogP contribution in [0, 0.1) is 0 Å². The van der Waals surface area contributed by atoms with Crippen LogP contribution in [0.4, 0.5) is 0 Å². The number of thiazole rings is 1. The summed E-state index contributed by atoms with van der Waals surface area (Å²) in [5.74, 6) is 0.851. The minimum absolute atomic E-state index is 0.851. The standard InChI is InChI=1S/C14H14N2OS/c1-2-15-8-11-9-16-14(18-11)13-7-10-5-3-4-6-12(10)17-13/h3-7,9,15H,2,8H2,1H3. The van der Waals surface area contributed by atoms with E-state index >= 15 is 0 Å². The summed E-state index contributed by atoms with van der Waals surface area (Å²) in [5.41, 5.74) is 0.913. The van der Waals surface area contributed by atoms with Crippen molar-refractivity contribution in [3.8, 4) is 10.8 Å². The molecule has 0 amide bonds. The lowest BCUT2D eigenvalue weighted by Gasteiger charge is -1.94. The van der Waals surface area contributed by atoms with Crippen LogP contribution in [0.1, 0.15) is 11.8 Å². The summed E-state index contributed by atoms with van der Waals surface area (Å²) in [6.07, 6.45) is 1.91. The van der Waals surface area contributed by atoms with E-state index in [0.29, 0.717) is 0 Å². The van der Waals surface area contributed by atoms with Gasteiger partial charge in [-0.3, -0.25) is 0 Å². The first-order valence-electron chi connectivity index (χ1n) is 6.01. The van der Waals surface area contributed by atoms with Gasteiger partial charge in [0.05, 0.1) is 0 Å². The topological polar surface area (TPSA) is 38.1 Å². The zero-order chi connectivity index (χ0) is 12.4. The molecule has 3 rings (SSSR count). The van der Waals surface area contributed by atoms with Crippen LogP contribution in [0.25, 0.3) is 21.7 Å². The monoisotopic (exact) mass is 258 g/mol. The Balaban J connectivity index is 1.91. The van der Waals surface area contributed by atoms with Crippen LogP contribution in [0.3, 0.4) is 0 Å². The maximum atomic E-state index is 5.80. The molecule has 0 aliphatic rings. The van der Waals surface area contributed by atoms with E-state index in [0.717, 1.165) is 34.8 Å². The molecule has 0 aliphatic carbocycles. The van der Waals surface area contributed by atoms with Gasteiger partial charge in [-0.25, -0.2) is 4.98 Å². The van der Waals surface area contributed by atoms with Crippen molar-refractivity contribution in [2.24, 2.45) is 0 Å². The Hall–Kier alpha value is -1.65. The van der Waals surface area contributed by atoms with Crippen molar-refractivity contribution < 1.29 is 4.42 Å². The van der Waals surface area contributed by atoms with Gasteiger partial charge in [0.1, 0.15) is 5.58 Å². The minimum Gasteiger partial charge on any atom is -0.454 e. The zero-order valence-electron chi connectivity index (χ0n) is 10.1. The minimum atomic E-state index is 0.851. The molecule has 4 heteroatoms. The zero-order valence-corrected chi connectivity index (χ0v) is 11.0. The largest absolute Gasteiger partial charge is 0.454 e. The maximum Gasteiger partial charge on any atom is 0.164 e. The van der Waals surface area contributed by atoms with Crippen molar-refractivity contribution in [2.45, 2.75) is 13.5 Å². The molecule has 0 aliphatic heterocycles. The van der Waals surface area contributed by atoms with Crippen LogP contribution in [0.2, 0.25) is 0 Å². The summed E-state index contributed by atoms with van der Waals surface area (Å²) < 4.78 is 5.80. The molecule has 0 fully saturated rings. The number of fused-ring (bicyclic) bond motifs is 1. The number of nitrogens with one attached hydrogen (secondary N) is 1. The second kappa shape index (κ2) is 4.92. The molecular formula is C14H14N2OS. The first kappa shape index (κ1) is 11.4. The van der Waals surface area contributed by atoms with Crippen molar-refractivity contribution in [3.63, 3.8) is 0 Å². The van der Waals surface area contributed by atoms with Crippen molar-refractivity contribution in [3.05, 3.63) is 41.4 Å². The molecule has 3 nitrogen and oxygen atoms in total. The van der Waals surface area contributed by atoms with E-state index in [9.17, 15) is 0 Å². The fourth-order valence-electron chi connectivity index (χ4n) is 1.84. The average molecular weight is 258 g/mol. The molecule has 2 heterocycles. The Morgan fingerprint density at radius 1 is 1.33 bits per heavy atom. The number of hydrogen-bond donors (Lipinski definition) is 1. The summed E-state index contributed by atoms with van der Waals surface area (Å²) in [5, 5.41) is 5.36. The Morgan fingerprint density at radius 3 is 3.06 bits per heavy atom. The molecule has 0 radical (unpaired) electrons. The normalized spacial score (nSPS) is 11.2. The fourth-order valence-corrected chi connectivity index (χ4v) is 2.67. The average Bonchev–Trinajstić information content (AvgIpc) is 3.02. The number of benzene rings is 1.